The van der Waals surface area contributed by atoms with E-state index >= 15 is 0 Å². The van der Waals surface area contributed by atoms with Gasteiger partial charge in [0.2, 0.25) is 0 Å². The Kier molecular flexibility index (Phi) is 2.50. The summed E-state index contributed by atoms with van der Waals surface area (Å²) < 4.78 is 38.3. The van der Waals surface area contributed by atoms with Crippen LogP contribution >= 0.6 is 0 Å². The lowest BCUT2D eigenvalue weighted by Gasteiger charge is -2.12. The van der Waals surface area contributed by atoms with Crippen LogP contribution in [0.4, 0.5) is 18.9 Å². The topological polar surface area (TPSA) is 38.4 Å². The number of nitrogens with zero attached hydrogens (tertiary/aromatic N) is 1. The van der Waals surface area contributed by atoms with Crippen molar-refractivity contribution in [3.63, 3.8) is 0 Å². The number of aryl methyl sites for hydroxylation is 1. The second-order valence-corrected chi connectivity index (χ2v) is 3.87. The lowest BCUT2D eigenvalue weighted by molar-refractivity contribution is -0.138. The molecule has 0 aromatic heterocycles. The van der Waals surface area contributed by atoms with Gasteiger partial charge in [-0.05, 0) is 30.2 Å². The highest BCUT2D eigenvalue weighted by molar-refractivity contribution is 5.95. The van der Waals surface area contributed by atoms with E-state index < -0.39 is 11.7 Å². The molecule has 1 aliphatic heterocycles. The molecule has 16 heavy (non-hydrogen) atoms. The van der Waals surface area contributed by atoms with Crippen molar-refractivity contribution in [2.75, 3.05) is 6.54 Å². The van der Waals surface area contributed by atoms with Crippen LogP contribution in [-0.2, 0) is 12.6 Å². The van der Waals surface area contributed by atoms with Crippen LogP contribution in [0.5, 0.6) is 0 Å². The highest BCUT2D eigenvalue weighted by Crippen LogP contribution is 2.39. The van der Waals surface area contributed by atoms with E-state index in [0.29, 0.717) is 17.0 Å². The Balaban J connectivity index is 2.55. The fourth-order valence-electron chi connectivity index (χ4n) is 1.87. The molecule has 0 spiro atoms. The Bertz CT molecular complexity index is 461. The molecule has 1 aliphatic rings. The molecule has 1 heterocycles. The van der Waals surface area contributed by atoms with Crippen molar-refractivity contribution in [2.24, 2.45) is 10.7 Å². The van der Waals surface area contributed by atoms with Gasteiger partial charge < -0.3 is 5.73 Å². The molecular formula is C11H11F3N2. The molecule has 0 saturated heterocycles. The average molecular weight is 228 g/mol. The highest BCUT2D eigenvalue weighted by atomic mass is 19.4. The molecule has 0 bridgehead atoms. The van der Waals surface area contributed by atoms with Gasteiger partial charge in [-0.3, -0.25) is 4.99 Å². The fraction of sp³-hybridized carbons (Fsp3) is 0.364. The minimum absolute atomic E-state index is 0.199. The summed E-state index contributed by atoms with van der Waals surface area (Å²) in [7, 11) is 0. The molecule has 0 fully saturated rings. The summed E-state index contributed by atoms with van der Waals surface area (Å²) >= 11 is 0. The van der Waals surface area contributed by atoms with Crippen LogP contribution in [0.15, 0.2) is 17.1 Å². The average Bonchev–Trinajstić information content (AvgIpc) is 2.57. The summed E-state index contributed by atoms with van der Waals surface area (Å²) in [6, 6.07) is 2.82. The van der Waals surface area contributed by atoms with Crippen molar-refractivity contribution < 1.29 is 13.2 Å². The van der Waals surface area contributed by atoms with E-state index in [1.165, 1.54) is 0 Å². The van der Waals surface area contributed by atoms with Crippen LogP contribution in [0.25, 0.3) is 0 Å². The SMILES string of the molecule is Cc1cc2c(c(C(F)(F)F)c1)CC(CN)=N2. The van der Waals surface area contributed by atoms with E-state index in [2.05, 4.69) is 4.99 Å². The maximum atomic E-state index is 12.8. The molecule has 1 aromatic rings. The monoisotopic (exact) mass is 228 g/mol. The predicted molar refractivity (Wildman–Crippen MR) is 56.0 cm³/mol. The smallest absolute Gasteiger partial charge is 0.325 e. The minimum Gasteiger partial charge on any atom is -0.325 e. The first-order valence-electron chi connectivity index (χ1n) is 4.89. The summed E-state index contributed by atoms with van der Waals surface area (Å²) in [6.45, 7) is 1.83. The Labute approximate surface area is 91.0 Å². The van der Waals surface area contributed by atoms with Crippen LogP contribution in [0.3, 0.4) is 0 Å². The Morgan fingerprint density at radius 1 is 1.38 bits per heavy atom. The zero-order valence-electron chi connectivity index (χ0n) is 8.73. The zero-order chi connectivity index (χ0) is 11.9. The minimum atomic E-state index is -4.32. The van der Waals surface area contributed by atoms with Crippen molar-refractivity contribution >= 4 is 11.4 Å². The molecular weight excluding hydrogens is 217 g/mol. The number of aliphatic imine (C=N–C) groups is 1. The van der Waals surface area contributed by atoms with Gasteiger partial charge in [-0.25, -0.2) is 0 Å². The van der Waals surface area contributed by atoms with E-state index in [-0.39, 0.29) is 18.5 Å². The first-order chi connectivity index (χ1) is 7.41. The summed E-state index contributed by atoms with van der Waals surface area (Å²) in [5.74, 6) is 0. The van der Waals surface area contributed by atoms with Gasteiger partial charge in [0.15, 0.2) is 0 Å². The molecule has 0 amide bonds. The van der Waals surface area contributed by atoms with E-state index in [1.807, 2.05) is 0 Å². The third-order valence-corrected chi connectivity index (χ3v) is 2.57. The van der Waals surface area contributed by atoms with Gasteiger partial charge in [0, 0.05) is 18.7 Å². The quantitative estimate of drug-likeness (QED) is 0.788. The second kappa shape index (κ2) is 3.59. The summed E-state index contributed by atoms with van der Waals surface area (Å²) in [5, 5.41) is 0. The van der Waals surface area contributed by atoms with Crippen molar-refractivity contribution in [1.82, 2.24) is 0 Å². The standard InChI is InChI=1S/C11H11F3N2/c1-6-2-9(11(12,13)14)8-4-7(5-15)16-10(8)3-6/h2-3H,4-5,15H2,1H3. The lowest BCUT2D eigenvalue weighted by atomic mass is 10.00. The van der Waals surface area contributed by atoms with Crippen LogP contribution in [-0.4, -0.2) is 12.3 Å². The molecule has 0 radical (unpaired) electrons. The molecule has 0 saturated carbocycles. The zero-order valence-corrected chi connectivity index (χ0v) is 8.73. The van der Waals surface area contributed by atoms with Gasteiger partial charge >= 0.3 is 6.18 Å². The number of benzene rings is 1. The van der Waals surface area contributed by atoms with Crippen LogP contribution in [0, 0.1) is 6.92 Å². The van der Waals surface area contributed by atoms with Crippen LogP contribution in [0.1, 0.15) is 16.7 Å². The third-order valence-electron chi connectivity index (χ3n) is 2.57. The molecule has 86 valence electrons. The van der Waals surface area contributed by atoms with E-state index in [9.17, 15) is 13.2 Å². The fourth-order valence-corrected chi connectivity index (χ4v) is 1.87. The molecule has 1 aromatic carbocycles. The second-order valence-electron chi connectivity index (χ2n) is 3.87. The van der Waals surface area contributed by atoms with Crippen molar-refractivity contribution in [3.8, 4) is 0 Å². The maximum Gasteiger partial charge on any atom is 0.416 e. The first-order valence-corrected chi connectivity index (χ1v) is 4.89. The maximum absolute atomic E-state index is 12.8. The Morgan fingerprint density at radius 3 is 2.62 bits per heavy atom. The molecule has 0 aliphatic carbocycles. The van der Waals surface area contributed by atoms with Gasteiger partial charge in [-0.15, -0.1) is 0 Å². The molecule has 5 heteroatoms. The number of hydrogen-bond donors (Lipinski definition) is 1. The summed E-state index contributed by atoms with van der Waals surface area (Å²) in [4.78, 5) is 4.10. The van der Waals surface area contributed by atoms with Crippen LogP contribution < -0.4 is 5.73 Å². The number of nitrogens with two attached hydrogens (primary N) is 1. The van der Waals surface area contributed by atoms with Crippen molar-refractivity contribution in [1.29, 1.82) is 0 Å². The van der Waals surface area contributed by atoms with Gasteiger partial charge in [-0.1, -0.05) is 0 Å². The number of fused-ring (bicyclic) bond motifs is 1. The number of alkyl halides is 3. The van der Waals surface area contributed by atoms with Crippen LogP contribution in [0.2, 0.25) is 0 Å². The van der Waals surface area contributed by atoms with E-state index in [4.69, 9.17) is 5.73 Å². The molecule has 2 rings (SSSR count). The summed E-state index contributed by atoms with van der Waals surface area (Å²) in [6.07, 6.45) is -4.11. The first kappa shape index (κ1) is 11.1. The number of hydrogen-bond acceptors (Lipinski definition) is 2. The van der Waals surface area contributed by atoms with Gasteiger partial charge in [0.05, 0.1) is 11.3 Å². The Hall–Kier alpha value is -1.36. The molecule has 0 atom stereocenters. The largest absolute Gasteiger partial charge is 0.416 e. The number of rotatable bonds is 1. The normalized spacial score (nSPS) is 14.9. The number of halogens is 3. The lowest BCUT2D eigenvalue weighted by Crippen LogP contribution is -2.15. The van der Waals surface area contributed by atoms with E-state index in [0.717, 1.165) is 6.07 Å². The molecule has 0 unspecified atom stereocenters. The summed E-state index contributed by atoms with van der Waals surface area (Å²) in [5.41, 5.74) is 6.63. The highest BCUT2D eigenvalue weighted by Gasteiger charge is 2.36. The van der Waals surface area contributed by atoms with Crippen molar-refractivity contribution in [2.45, 2.75) is 19.5 Å². The predicted octanol–water partition coefficient (Wildman–Crippen LogP) is 2.60. The molecule has 2 N–H and O–H groups in total. The Morgan fingerprint density at radius 2 is 2.06 bits per heavy atom. The van der Waals surface area contributed by atoms with Crippen molar-refractivity contribution in [3.05, 3.63) is 28.8 Å². The van der Waals surface area contributed by atoms with E-state index in [1.54, 1.807) is 13.0 Å². The molecule has 2 nitrogen and oxygen atoms in total. The van der Waals surface area contributed by atoms with Gasteiger partial charge in [-0.2, -0.15) is 13.2 Å². The third kappa shape index (κ3) is 1.82. The van der Waals surface area contributed by atoms with Gasteiger partial charge in [0.25, 0.3) is 0 Å². The van der Waals surface area contributed by atoms with Gasteiger partial charge in [0.1, 0.15) is 0 Å².